The van der Waals surface area contributed by atoms with Crippen molar-refractivity contribution >= 4 is 40.8 Å². The third-order valence-corrected chi connectivity index (χ3v) is 5.60. The lowest BCUT2D eigenvalue weighted by atomic mass is 10.0. The molecule has 4 amide bonds. The molecule has 4 N–H and O–H groups in total. The van der Waals surface area contributed by atoms with E-state index in [-0.39, 0.29) is 48.8 Å². The number of benzene rings is 1. The summed E-state index contributed by atoms with van der Waals surface area (Å²) < 4.78 is 0. The normalized spacial score (nSPS) is 17.5. The van der Waals surface area contributed by atoms with Crippen LogP contribution in [0, 0.1) is 5.41 Å². The molecule has 11 heteroatoms. The van der Waals surface area contributed by atoms with Gasteiger partial charge in [-0.3, -0.25) is 24.5 Å². The summed E-state index contributed by atoms with van der Waals surface area (Å²) in [7, 11) is 0. The summed E-state index contributed by atoms with van der Waals surface area (Å²) >= 11 is 0. The zero-order valence-electron chi connectivity index (χ0n) is 19.1. The largest absolute Gasteiger partial charge is 0.367 e. The fraction of sp³-hybridized carbons (Fsp3) is 0.348. The summed E-state index contributed by atoms with van der Waals surface area (Å²) in [5, 5.41) is 16.0. The molecule has 0 aliphatic carbocycles. The predicted molar refractivity (Wildman–Crippen MR) is 124 cm³/mol. The fourth-order valence-electron chi connectivity index (χ4n) is 3.99. The van der Waals surface area contributed by atoms with Crippen LogP contribution < -0.4 is 16.0 Å². The number of nitrogens with one attached hydrogen (secondary N) is 4. The number of imide groups is 1. The Balaban J connectivity index is 1.51. The van der Waals surface area contributed by atoms with Crippen molar-refractivity contribution in [3.8, 4) is 0 Å². The quantitative estimate of drug-likeness (QED) is 0.375. The second-order valence-corrected chi connectivity index (χ2v) is 8.61. The number of carbonyl (C=O) groups is 4. The maximum Gasteiger partial charge on any atom is 0.293 e. The zero-order valence-corrected chi connectivity index (χ0v) is 19.1. The first-order valence-electron chi connectivity index (χ1n) is 10.9. The lowest BCUT2D eigenvalue weighted by molar-refractivity contribution is -0.136. The van der Waals surface area contributed by atoms with Gasteiger partial charge in [0.2, 0.25) is 17.6 Å². The van der Waals surface area contributed by atoms with Crippen molar-refractivity contribution in [2.24, 2.45) is 0 Å². The molecule has 1 atom stereocenters. The monoisotopic (exact) mass is 463 g/mol. The molecule has 34 heavy (non-hydrogen) atoms. The van der Waals surface area contributed by atoms with Crippen LogP contribution in [-0.4, -0.2) is 56.3 Å². The molecule has 1 aromatic carbocycles. The molecule has 0 saturated carbocycles. The van der Waals surface area contributed by atoms with Crippen molar-refractivity contribution in [1.82, 2.24) is 20.2 Å². The van der Waals surface area contributed by atoms with Gasteiger partial charge in [-0.15, -0.1) is 0 Å². The highest BCUT2D eigenvalue weighted by atomic mass is 16.2. The third-order valence-electron chi connectivity index (χ3n) is 5.60. The molecule has 3 heterocycles. The summed E-state index contributed by atoms with van der Waals surface area (Å²) in [5.74, 6) is -1.29. The number of amides is 4. The second-order valence-electron chi connectivity index (χ2n) is 8.61. The van der Waals surface area contributed by atoms with E-state index in [1.54, 1.807) is 25.1 Å². The van der Waals surface area contributed by atoms with Crippen molar-refractivity contribution < 1.29 is 19.2 Å². The van der Waals surface area contributed by atoms with Crippen LogP contribution in [0.15, 0.2) is 24.4 Å². The standard InChI is InChI=1S/C23H25N7O4/c1-11(2)26-19-16(12(3)24)9-25-20(29-19)22(33)27-14-4-5-15-13(8-14)10-30(23(15)34)17-6-7-18(31)28-21(17)32/h4-5,8-9,11,17,24H,6-7,10H2,1-3H3,(H,27,33)(H,25,26,29)(H,28,31,32). The molecule has 176 valence electrons. The van der Waals surface area contributed by atoms with Crippen molar-refractivity contribution in [2.75, 3.05) is 10.6 Å². The maximum atomic E-state index is 12.8. The molecule has 1 saturated heterocycles. The first-order valence-corrected chi connectivity index (χ1v) is 10.9. The Labute approximate surface area is 195 Å². The average Bonchev–Trinajstić information content (AvgIpc) is 3.08. The molecular formula is C23H25N7O4. The molecule has 0 spiro atoms. The summed E-state index contributed by atoms with van der Waals surface area (Å²) in [6.45, 7) is 5.67. The van der Waals surface area contributed by atoms with Gasteiger partial charge in [0, 0.05) is 42.2 Å². The van der Waals surface area contributed by atoms with Gasteiger partial charge in [0.1, 0.15) is 11.9 Å². The van der Waals surface area contributed by atoms with Crippen LogP contribution in [0.25, 0.3) is 0 Å². The van der Waals surface area contributed by atoms with Gasteiger partial charge in [0.05, 0.1) is 5.56 Å². The minimum absolute atomic E-state index is 0.0467. The number of hydrogen-bond donors (Lipinski definition) is 4. The van der Waals surface area contributed by atoms with E-state index in [1.807, 2.05) is 13.8 Å². The number of anilines is 2. The van der Waals surface area contributed by atoms with E-state index in [1.165, 1.54) is 11.1 Å². The van der Waals surface area contributed by atoms with E-state index >= 15 is 0 Å². The van der Waals surface area contributed by atoms with Crippen molar-refractivity contribution in [3.63, 3.8) is 0 Å². The van der Waals surface area contributed by atoms with Crippen LogP contribution in [0.3, 0.4) is 0 Å². The number of hydrogen-bond acceptors (Lipinski definition) is 8. The first kappa shape index (κ1) is 23.0. The molecule has 2 aliphatic rings. The number of rotatable bonds is 6. The van der Waals surface area contributed by atoms with E-state index in [2.05, 4.69) is 25.9 Å². The summed E-state index contributed by atoms with van der Waals surface area (Å²) in [6.07, 6.45) is 1.90. The summed E-state index contributed by atoms with van der Waals surface area (Å²) in [5.41, 5.74) is 2.36. The van der Waals surface area contributed by atoms with Crippen LogP contribution in [0.4, 0.5) is 11.5 Å². The summed E-state index contributed by atoms with van der Waals surface area (Å²) in [4.78, 5) is 59.1. The van der Waals surface area contributed by atoms with Gasteiger partial charge in [0.15, 0.2) is 0 Å². The minimum Gasteiger partial charge on any atom is -0.367 e. The first-order chi connectivity index (χ1) is 16.1. The van der Waals surface area contributed by atoms with Gasteiger partial charge in [-0.05, 0) is 51.0 Å². The van der Waals surface area contributed by atoms with Crippen molar-refractivity contribution in [3.05, 3.63) is 46.9 Å². The molecule has 0 radical (unpaired) electrons. The number of aromatic nitrogens is 2. The number of nitrogens with zero attached hydrogens (tertiary/aromatic N) is 3. The summed E-state index contributed by atoms with van der Waals surface area (Å²) in [6, 6.07) is 4.23. The van der Waals surface area contributed by atoms with E-state index in [4.69, 9.17) is 5.41 Å². The fourth-order valence-corrected chi connectivity index (χ4v) is 3.99. The van der Waals surface area contributed by atoms with E-state index in [0.717, 1.165) is 0 Å². The lowest BCUT2D eigenvalue weighted by Crippen LogP contribution is -2.52. The Morgan fingerprint density at radius 1 is 1.26 bits per heavy atom. The zero-order chi connectivity index (χ0) is 24.6. The number of fused-ring (bicyclic) bond motifs is 1. The number of carbonyl (C=O) groups excluding carboxylic acids is 4. The van der Waals surface area contributed by atoms with Crippen LogP contribution in [-0.2, 0) is 16.1 Å². The minimum atomic E-state index is -0.702. The highest BCUT2D eigenvalue weighted by Crippen LogP contribution is 2.29. The van der Waals surface area contributed by atoms with Crippen LogP contribution in [0.1, 0.15) is 65.7 Å². The average molecular weight is 463 g/mol. The van der Waals surface area contributed by atoms with Crippen LogP contribution in [0.5, 0.6) is 0 Å². The topological polar surface area (TPSA) is 157 Å². The lowest BCUT2D eigenvalue weighted by Gasteiger charge is -2.29. The van der Waals surface area contributed by atoms with Gasteiger partial charge in [-0.2, -0.15) is 0 Å². The highest BCUT2D eigenvalue weighted by molar-refractivity contribution is 6.07. The Morgan fingerprint density at radius 3 is 2.71 bits per heavy atom. The van der Waals surface area contributed by atoms with E-state index in [9.17, 15) is 19.2 Å². The molecule has 0 bridgehead atoms. The Bertz CT molecular complexity index is 1220. The van der Waals surface area contributed by atoms with Crippen LogP contribution in [0.2, 0.25) is 0 Å². The molecular weight excluding hydrogens is 438 g/mol. The second kappa shape index (κ2) is 9.00. The molecule has 1 aromatic heterocycles. The van der Waals surface area contributed by atoms with E-state index in [0.29, 0.717) is 28.2 Å². The molecule has 2 aromatic rings. The molecule has 11 nitrogen and oxygen atoms in total. The maximum absolute atomic E-state index is 12.8. The molecule has 2 aliphatic heterocycles. The smallest absolute Gasteiger partial charge is 0.293 e. The van der Waals surface area contributed by atoms with Gasteiger partial charge < -0.3 is 20.9 Å². The van der Waals surface area contributed by atoms with E-state index < -0.39 is 17.9 Å². The molecule has 1 fully saturated rings. The van der Waals surface area contributed by atoms with Gasteiger partial charge in [-0.1, -0.05) is 0 Å². The Morgan fingerprint density at radius 2 is 2.03 bits per heavy atom. The highest BCUT2D eigenvalue weighted by Gasteiger charge is 2.39. The van der Waals surface area contributed by atoms with Crippen molar-refractivity contribution in [1.29, 1.82) is 5.41 Å². The third kappa shape index (κ3) is 4.49. The van der Waals surface area contributed by atoms with Gasteiger partial charge >= 0.3 is 0 Å². The molecule has 4 rings (SSSR count). The Kier molecular flexibility index (Phi) is 6.10. The predicted octanol–water partition coefficient (Wildman–Crippen LogP) is 1.70. The SMILES string of the molecule is CC(=N)c1cnc(C(=O)Nc2ccc3c(c2)CN(C2CCC(=O)NC2=O)C3=O)nc1NC(C)C. The Hall–Kier alpha value is -4.15. The molecule has 1 unspecified atom stereocenters. The number of piperidine rings is 1. The van der Waals surface area contributed by atoms with Crippen LogP contribution >= 0.6 is 0 Å². The van der Waals surface area contributed by atoms with Gasteiger partial charge in [-0.25, -0.2) is 9.97 Å². The van der Waals surface area contributed by atoms with Crippen molar-refractivity contribution in [2.45, 2.75) is 52.2 Å². The van der Waals surface area contributed by atoms with Gasteiger partial charge in [0.25, 0.3) is 11.8 Å².